The van der Waals surface area contributed by atoms with E-state index < -0.39 is 17.5 Å². The number of nitrogens with zero attached hydrogens (tertiary/aromatic N) is 2. The zero-order valence-corrected chi connectivity index (χ0v) is 13.2. The van der Waals surface area contributed by atoms with Gasteiger partial charge in [0, 0.05) is 18.5 Å². The van der Waals surface area contributed by atoms with Crippen molar-refractivity contribution in [3.05, 3.63) is 24.2 Å². The van der Waals surface area contributed by atoms with Gasteiger partial charge in [-0.2, -0.15) is 5.26 Å². The first kappa shape index (κ1) is 17.7. The van der Waals surface area contributed by atoms with Gasteiger partial charge in [0.25, 0.3) is 0 Å². The highest BCUT2D eigenvalue weighted by molar-refractivity contribution is 5.95. The quantitative estimate of drug-likeness (QED) is 0.832. The van der Waals surface area contributed by atoms with E-state index in [4.69, 9.17) is 9.68 Å². The normalized spacial score (nSPS) is 11.0. The summed E-state index contributed by atoms with van der Waals surface area (Å²) in [5, 5.41) is 13.6. The molecule has 0 aliphatic carbocycles. The highest BCUT2D eigenvalue weighted by Crippen LogP contribution is 2.05. The first-order valence-corrected chi connectivity index (χ1v) is 7.04. The Labute approximate surface area is 130 Å². The molecule has 0 unspecified atom stereocenters. The number of furan rings is 1. The van der Waals surface area contributed by atoms with E-state index in [-0.39, 0.29) is 6.54 Å². The smallest absolute Gasteiger partial charge is 0.321 e. The monoisotopic (exact) mass is 306 g/mol. The summed E-state index contributed by atoms with van der Waals surface area (Å²) in [6.45, 7) is 6.32. The van der Waals surface area contributed by atoms with Crippen LogP contribution in [0, 0.1) is 11.3 Å². The molecule has 2 N–H and O–H groups in total. The van der Waals surface area contributed by atoms with E-state index >= 15 is 0 Å². The summed E-state index contributed by atoms with van der Waals surface area (Å²) >= 11 is 0. The van der Waals surface area contributed by atoms with E-state index in [0.29, 0.717) is 25.3 Å². The van der Waals surface area contributed by atoms with E-state index in [2.05, 4.69) is 10.6 Å². The molecule has 0 bridgehead atoms. The molecule has 0 atom stereocenters. The van der Waals surface area contributed by atoms with Crippen LogP contribution in [-0.4, -0.2) is 35.5 Å². The van der Waals surface area contributed by atoms with Gasteiger partial charge in [0.05, 0.1) is 25.4 Å². The summed E-state index contributed by atoms with van der Waals surface area (Å²) in [4.78, 5) is 25.3. The standard InChI is InChI=1S/C15H22N4O3/c1-15(2,3)18-14(21)17-13(20)11-19(8-5-7-16)10-12-6-4-9-22-12/h4,6,9H,5,8,10-11H2,1-3H3,(H2,17,18,20,21). The highest BCUT2D eigenvalue weighted by Gasteiger charge is 2.18. The maximum atomic E-state index is 11.9. The molecular formula is C15H22N4O3. The zero-order chi connectivity index (χ0) is 16.6. The Morgan fingerprint density at radius 3 is 2.68 bits per heavy atom. The molecular weight excluding hydrogens is 284 g/mol. The number of amides is 3. The predicted octanol–water partition coefficient (Wildman–Crippen LogP) is 1.62. The van der Waals surface area contributed by atoms with Crippen molar-refractivity contribution < 1.29 is 14.0 Å². The van der Waals surface area contributed by atoms with Crippen LogP contribution in [0.1, 0.15) is 33.0 Å². The van der Waals surface area contributed by atoms with Crippen molar-refractivity contribution in [2.45, 2.75) is 39.3 Å². The second kappa shape index (κ2) is 8.20. The number of urea groups is 1. The van der Waals surface area contributed by atoms with Crippen LogP contribution in [0.15, 0.2) is 22.8 Å². The lowest BCUT2D eigenvalue weighted by Crippen LogP contribution is -2.50. The highest BCUT2D eigenvalue weighted by atomic mass is 16.3. The average molecular weight is 306 g/mol. The Balaban J connectivity index is 2.51. The third-order valence-electron chi connectivity index (χ3n) is 2.61. The van der Waals surface area contributed by atoms with Crippen LogP contribution in [0.5, 0.6) is 0 Å². The van der Waals surface area contributed by atoms with Gasteiger partial charge in [0.2, 0.25) is 5.91 Å². The van der Waals surface area contributed by atoms with Gasteiger partial charge in [-0.15, -0.1) is 0 Å². The van der Waals surface area contributed by atoms with Gasteiger partial charge in [-0.3, -0.25) is 15.0 Å². The van der Waals surface area contributed by atoms with Crippen LogP contribution in [0.3, 0.4) is 0 Å². The number of hydrogen-bond acceptors (Lipinski definition) is 5. The summed E-state index contributed by atoms with van der Waals surface area (Å²) in [7, 11) is 0. The molecule has 1 aromatic heterocycles. The second-order valence-corrected chi connectivity index (χ2v) is 5.95. The van der Waals surface area contributed by atoms with Gasteiger partial charge in [-0.25, -0.2) is 4.79 Å². The minimum absolute atomic E-state index is 0.0138. The molecule has 7 nitrogen and oxygen atoms in total. The molecule has 0 fully saturated rings. The van der Waals surface area contributed by atoms with E-state index in [0.717, 1.165) is 0 Å². The van der Waals surface area contributed by atoms with E-state index in [1.165, 1.54) is 0 Å². The van der Waals surface area contributed by atoms with Crippen LogP contribution >= 0.6 is 0 Å². The minimum Gasteiger partial charge on any atom is -0.468 e. The van der Waals surface area contributed by atoms with Crippen molar-refractivity contribution >= 4 is 11.9 Å². The summed E-state index contributed by atoms with van der Waals surface area (Å²) in [5.41, 5.74) is -0.418. The fraction of sp³-hybridized carbons (Fsp3) is 0.533. The number of hydrogen-bond donors (Lipinski definition) is 2. The number of carbonyl (C=O) groups excluding carboxylic acids is 2. The van der Waals surface area contributed by atoms with Crippen LogP contribution in [0.2, 0.25) is 0 Å². The van der Waals surface area contributed by atoms with Crippen LogP contribution in [-0.2, 0) is 11.3 Å². The lowest BCUT2D eigenvalue weighted by molar-refractivity contribution is -0.121. The summed E-state index contributed by atoms with van der Waals surface area (Å²) in [6, 6.07) is 5.06. The molecule has 0 aromatic carbocycles. The summed E-state index contributed by atoms with van der Waals surface area (Å²) in [6.07, 6.45) is 1.84. The van der Waals surface area contributed by atoms with Crippen molar-refractivity contribution in [3.8, 4) is 6.07 Å². The van der Waals surface area contributed by atoms with Crippen molar-refractivity contribution in [2.24, 2.45) is 0 Å². The van der Waals surface area contributed by atoms with Gasteiger partial charge in [-0.05, 0) is 32.9 Å². The van der Waals surface area contributed by atoms with Gasteiger partial charge in [0.15, 0.2) is 0 Å². The molecule has 1 rings (SSSR count). The Hall–Kier alpha value is -2.33. The van der Waals surface area contributed by atoms with Crippen molar-refractivity contribution in [1.29, 1.82) is 5.26 Å². The van der Waals surface area contributed by atoms with E-state index in [1.807, 2.05) is 26.8 Å². The molecule has 1 heterocycles. The van der Waals surface area contributed by atoms with Crippen molar-refractivity contribution in [1.82, 2.24) is 15.5 Å². The molecule has 0 saturated heterocycles. The molecule has 0 radical (unpaired) electrons. The number of rotatable bonds is 6. The number of imide groups is 1. The first-order chi connectivity index (χ1) is 10.3. The molecule has 1 aromatic rings. The molecule has 0 aliphatic rings. The fourth-order valence-electron chi connectivity index (χ4n) is 1.79. The predicted molar refractivity (Wildman–Crippen MR) is 80.6 cm³/mol. The molecule has 0 saturated carbocycles. The molecule has 0 spiro atoms. The Morgan fingerprint density at radius 1 is 1.41 bits per heavy atom. The lowest BCUT2D eigenvalue weighted by Gasteiger charge is -2.22. The Kier molecular flexibility index (Phi) is 6.60. The third kappa shape index (κ3) is 7.45. The van der Waals surface area contributed by atoms with E-state index in [1.54, 1.807) is 23.3 Å². The average Bonchev–Trinajstić information content (AvgIpc) is 2.86. The molecule has 0 aliphatic heterocycles. The fourth-order valence-corrected chi connectivity index (χ4v) is 1.79. The number of carbonyl (C=O) groups is 2. The molecule has 120 valence electrons. The molecule has 7 heteroatoms. The number of nitriles is 1. The van der Waals surface area contributed by atoms with Gasteiger partial charge in [-0.1, -0.05) is 0 Å². The topological polar surface area (TPSA) is 98.4 Å². The number of nitrogens with one attached hydrogen (secondary N) is 2. The third-order valence-corrected chi connectivity index (χ3v) is 2.61. The molecule has 3 amide bonds. The van der Waals surface area contributed by atoms with Crippen molar-refractivity contribution in [3.63, 3.8) is 0 Å². The lowest BCUT2D eigenvalue weighted by atomic mass is 10.1. The largest absolute Gasteiger partial charge is 0.468 e. The van der Waals surface area contributed by atoms with Gasteiger partial charge in [0.1, 0.15) is 5.76 Å². The first-order valence-electron chi connectivity index (χ1n) is 7.04. The minimum atomic E-state index is -0.532. The van der Waals surface area contributed by atoms with Crippen molar-refractivity contribution in [2.75, 3.05) is 13.1 Å². The maximum absolute atomic E-state index is 11.9. The Morgan fingerprint density at radius 2 is 2.14 bits per heavy atom. The van der Waals surface area contributed by atoms with Crippen LogP contribution < -0.4 is 10.6 Å². The Bertz CT molecular complexity index is 526. The summed E-state index contributed by atoms with van der Waals surface area (Å²) in [5.74, 6) is 0.274. The van der Waals surface area contributed by atoms with Crippen LogP contribution in [0.4, 0.5) is 4.79 Å². The zero-order valence-electron chi connectivity index (χ0n) is 13.2. The van der Waals surface area contributed by atoms with E-state index in [9.17, 15) is 9.59 Å². The maximum Gasteiger partial charge on any atom is 0.321 e. The van der Waals surface area contributed by atoms with Gasteiger partial charge < -0.3 is 9.73 Å². The SMILES string of the molecule is CC(C)(C)NC(=O)NC(=O)CN(CCC#N)Cc1ccco1. The summed E-state index contributed by atoms with van der Waals surface area (Å²) < 4.78 is 5.24. The molecule has 22 heavy (non-hydrogen) atoms. The van der Waals surface area contributed by atoms with Gasteiger partial charge >= 0.3 is 6.03 Å². The second-order valence-electron chi connectivity index (χ2n) is 5.95. The van der Waals surface area contributed by atoms with Crippen LogP contribution in [0.25, 0.3) is 0 Å².